The van der Waals surface area contributed by atoms with Gasteiger partial charge in [0.25, 0.3) is 0 Å². The summed E-state index contributed by atoms with van der Waals surface area (Å²) in [5, 5.41) is 0. The van der Waals surface area contributed by atoms with Gasteiger partial charge in [-0.25, -0.2) is 0 Å². The van der Waals surface area contributed by atoms with Crippen molar-refractivity contribution < 1.29 is 4.74 Å². The van der Waals surface area contributed by atoms with Crippen LogP contribution in [0.25, 0.3) is 0 Å². The van der Waals surface area contributed by atoms with E-state index in [0.29, 0.717) is 0 Å². The van der Waals surface area contributed by atoms with Crippen LogP contribution in [0.5, 0.6) is 5.75 Å². The van der Waals surface area contributed by atoms with E-state index >= 15 is 0 Å². The molecule has 1 aromatic carbocycles. The third-order valence-electron chi connectivity index (χ3n) is 2.86. The molecule has 0 amide bonds. The first-order valence-corrected chi connectivity index (χ1v) is 7.83. The first kappa shape index (κ1) is 14.6. The summed E-state index contributed by atoms with van der Waals surface area (Å²) in [7, 11) is 0. The second-order valence-corrected chi connectivity index (χ2v) is 6.95. The topological polar surface area (TPSA) is 35.2 Å². The van der Waals surface area contributed by atoms with E-state index in [-0.39, 0.29) is 12.1 Å². The Hall–Kier alpha value is -0.840. The lowest BCUT2D eigenvalue weighted by molar-refractivity contribution is 0.183. The quantitative estimate of drug-likeness (QED) is 0.883. The van der Waals surface area contributed by atoms with Crippen LogP contribution in [-0.4, -0.2) is 6.04 Å². The van der Waals surface area contributed by atoms with Gasteiger partial charge in [0, 0.05) is 15.8 Å². The molecule has 2 N–H and O–H groups in total. The zero-order chi connectivity index (χ0) is 14.0. The zero-order valence-corrected chi connectivity index (χ0v) is 13.7. The van der Waals surface area contributed by atoms with Crippen LogP contribution in [0.1, 0.15) is 28.3 Å². The molecule has 0 aliphatic carbocycles. The highest BCUT2D eigenvalue weighted by Crippen LogP contribution is 2.33. The standard InChI is InChI=1S/C15H18BrNOS/c1-9-4-6-13(12(16)8-9)18-15(11(3)17)14-7-5-10(2)19-14/h4-8,11,15H,17H2,1-3H3. The Labute approximate surface area is 126 Å². The summed E-state index contributed by atoms with van der Waals surface area (Å²) in [6, 6.07) is 10.2. The van der Waals surface area contributed by atoms with Gasteiger partial charge in [-0.2, -0.15) is 0 Å². The van der Waals surface area contributed by atoms with Gasteiger partial charge in [-0.1, -0.05) is 6.07 Å². The number of aryl methyl sites for hydroxylation is 2. The SMILES string of the molecule is Cc1ccc(OC(c2ccc(C)s2)C(C)N)c(Br)c1. The van der Waals surface area contributed by atoms with Crippen molar-refractivity contribution in [3.05, 3.63) is 50.1 Å². The minimum atomic E-state index is -0.113. The summed E-state index contributed by atoms with van der Waals surface area (Å²) in [4.78, 5) is 2.44. The van der Waals surface area contributed by atoms with Gasteiger partial charge in [0.1, 0.15) is 11.9 Å². The molecule has 0 saturated heterocycles. The Balaban J connectivity index is 2.26. The summed E-state index contributed by atoms with van der Waals surface area (Å²) < 4.78 is 7.06. The molecule has 0 aliphatic rings. The van der Waals surface area contributed by atoms with E-state index in [2.05, 4.69) is 41.9 Å². The monoisotopic (exact) mass is 339 g/mol. The number of nitrogens with two attached hydrogens (primary N) is 1. The molecule has 1 heterocycles. The lowest BCUT2D eigenvalue weighted by atomic mass is 10.1. The second-order valence-electron chi connectivity index (χ2n) is 4.78. The lowest BCUT2D eigenvalue weighted by Crippen LogP contribution is -2.28. The molecule has 2 atom stereocenters. The first-order valence-electron chi connectivity index (χ1n) is 6.22. The summed E-state index contributed by atoms with van der Waals surface area (Å²) in [6.45, 7) is 6.12. The Kier molecular flexibility index (Phi) is 4.66. The van der Waals surface area contributed by atoms with Crippen molar-refractivity contribution in [3.63, 3.8) is 0 Å². The van der Waals surface area contributed by atoms with E-state index in [1.54, 1.807) is 11.3 Å². The van der Waals surface area contributed by atoms with Gasteiger partial charge in [0.2, 0.25) is 0 Å². The van der Waals surface area contributed by atoms with Crippen LogP contribution in [0.2, 0.25) is 0 Å². The number of halogens is 1. The molecule has 2 rings (SSSR count). The summed E-state index contributed by atoms with van der Waals surface area (Å²) in [5.74, 6) is 0.832. The molecule has 0 spiro atoms. The predicted octanol–water partition coefficient (Wildman–Crippen LogP) is 4.59. The van der Waals surface area contributed by atoms with Gasteiger partial charge >= 0.3 is 0 Å². The van der Waals surface area contributed by atoms with E-state index < -0.39 is 0 Å². The summed E-state index contributed by atoms with van der Waals surface area (Å²) >= 11 is 5.27. The van der Waals surface area contributed by atoms with Gasteiger partial charge in [0.15, 0.2) is 0 Å². The van der Waals surface area contributed by atoms with E-state index in [1.165, 1.54) is 15.3 Å². The van der Waals surface area contributed by atoms with Crippen LogP contribution in [0.3, 0.4) is 0 Å². The van der Waals surface area contributed by atoms with Crippen molar-refractivity contribution in [3.8, 4) is 5.75 Å². The van der Waals surface area contributed by atoms with E-state index in [1.807, 2.05) is 25.1 Å². The molecule has 2 nitrogen and oxygen atoms in total. The second kappa shape index (κ2) is 6.07. The molecule has 0 fully saturated rings. The maximum absolute atomic E-state index is 6.10. The molecule has 0 saturated carbocycles. The van der Waals surface area contributed by atoms with Crippen molar-refractivity contribution in [1.29, 1.82) is 0 Å². The Morgan fingerprint density at radius 3 is 2.47 bits per heavy atom. The van der Waals surface area contributed by atoms with Crippen molar-refractivity contribution in [2.45, 2.75) is 32.9 Å². The molecule has 1 aromatic heterocycles. The van der Waals surface area contributed by atoms with Gasteiger partial charge in [-0.3, -0.25) is 0 Å². The first-order chi connectivity index (χ1) is 8.97. The van der Waals surface area contributed by atoms with Gasteiger partial charge in [-0.15, -0.1) is 11.3 Å². The van der Waals surface area contributed by atoms with Crippen LogP contribution in [0.15, 0.2) is 34.8 Å². The molecule has 2 aromatic rings. The molecule has 19 heavy (non-hydrogen) atoms. The molecule has 102 valence electrons. The van der Waals surface area contributed by atoms with Crippen LogP contribution < -0.4 is 10.5 Å². The van der Waals surface area contributed by atoms with Gasteiger partial charge in [-0.05, 0) is 66.5 Å². The predicted molar refractivity (Wildman–Crippen MR) is 85.0 cm³/mol. The highest BCUT2D eigenvalue weighted by atomic mass is 79.9. The number of rotatable bonds is 4. The highest BCUT2D eigenvalue weighted by molar-refractivity contribution is 9.10. The number of ether oxygens (including phenoxy) is 1. The van der Waals surface area contributed by atoms with Crippen LogP contribution >= 0.6 is 27.3 Å². The van der Waals surface area contributed by atoms with Crippen molar-refractivity contribution in [2.24, 2.45) is 5.73 Å². The van der Waals surface area contributed by atoms with E-state index in [0.717, 1.165) is 10.2 Å². The van der Waals surface area contributed by atoms with Crippen LogP contribution in [0.4, 0.5) is 0 Å². The summed E-state index contributed by atoms with van der Waals surface area (Å²) in [6.07, 6.45) is -0.113. The van der Waals surface area contributed by atoms with Crippen LogP contribution in [0, 0.1) is 13.8 Å². The minimum Gasteiger partial charge on any atom is -0.482 e. The Morgan fingerprint density at radius 1 is 1.21 bits per heavy atom. The number of hydrogen-bond donors (Lipinski definition) is 1. The third kappa shape index (κ3) is 3.59. The fraction of sp³-hybridized carbons (Fsp3) is 0.333. The molecule has 0 bridgehead atoms. The summed E-state index contributed by atoms with van der Waals surface area (Å²) in [5.41, 5.74) is 7.27. The maximum Gasteiger partial charge on any atom is 0.148 e. The van der Waals surface area contributed by atoms with Crippen molar-refractivity contribution in [1.82, 2.24) is 0 Å². The van der Waals surface area contributed by atoms with E-state index in [9.17, 15) is 0 Å². The average Bonchev–Trinajstić information content (AvgIpc) is 2.74. The maximum atomic E-state index is 6.10. The number of thiophene rings is 1. The smallest absolute Gasteiger partial charge is 0.148 e. The lowest BCUT2D eigenvalue weighted by Gasteiger charge is -2.22. The fourth-order valence-electron chi connectivity index (χ4n) is 1.87. The molecule has 0 radical (unpaired) electrons. The number of hydrogen-bond acceptors (Lipinski definition) is 3. The molecular weight excluding hydrogens is 322 g/mol. The number of benzene rings is 1. The Morgan fingerprint density at radius 2 is 1.95 bits per heavy atom. The minimum absolute atomic E-state index is 0.0637. The van der Waals surface area contributed by atoms with Gasteiger partial charge in [0.05, 0.1) is 4.47 Å². The Bertz CT molecular complexity index is 565. The molecule has 0 aliphatic heterocycles. The van der Waals surface area contributed by atoms with Crippen molar-refractivity contribution >= 4 is 27.3 Å². The molecule has 4 heteroatoms. The third-order valence-corrected chi connectivity index (χ3v) is 4.54. The largest absolute Gasteiger partial charge is 0.482 e. The zero-order valence-electron chi connectivity index (χ0n) is 11.3. The van der Waals surface area contributed by atoms with Gasteiger partial charge < -0.3 is 10.5 Å². The highest BCUT2D eigenvalue weighted by Gasteiger charge is 2.20. The van der Waals surface area contributed by atoms with Crippen LogP contribution in [-0.2, 0) is 0 Å². The fourth-order valence-corrected chi connectivity index (χ4v) is 3.48. The normalized spacial score (nSPS) is 14.2. The molecule has 2 unspecified atom stereocenters. The average molecular weight is 340 g/mol. The molecular formula is C15H18BrNOS. The van der Waals surface area contributed by atoms with E-state index in [4.69, 9.17) is 10.5 Å². The van der Waals surface area contributed by atoms with Crippen molar-refractivity contribution in [2.75, 3.05) is 0 Å².